The van der Waals surface area contributed by atoms with Crippen LogP contribution in [0.4, 0.5) is 0 Å². The molecular formula is C28H32O7S. The molecule has 0 aliphatic rings. The quantitative estimate of drug-likeness (QED) is 0.202. The maximum Gasteiger partial charge on any atom is 0.340 e. The zero-order chi connectivity index (χ0) is 26.2. The average molecular weight is 513 g/mol. The van der Waals surface area contributed by atoms with Crippen LogP contribution < -0.4 is 5.63 Å². The second kappa shape index (κ2) is 12.7. The highest BCUT2D eigenvalue weighted by atomic mass is 32.2. The molecule has 0 aliphatic heterocycles. The molecule has 8 heteroatoms. The highest BCUT2D eigenvalue weighted by molar-refractivity contribution is 7.99. The number of aliphatic hydroxyl groups excluding tert-OH is 1. The first-order chi connectivity index (χ1) is 17.2. The second-order valence-corrected chi connectivity index (χ2v) is 10.2. The highest BCUT2D eigenvalue weighted by Gasteiger charge is 2.24. The largest absolute Gasteiger partial charge is 0.481 e. The Labute approximate surface area is 214 Å². The van der Waals surface area contributed by atoms with Gasteiger partial charge in [0.1, 0.15) is 5.58 Å². The van der Waals surface area contributed by atoms with E-state index in [0.717, 1.165) is 29.7 Å². The summed E-state index contributed by atoms with van der Waals surface area (Å²) in [7, 11) is 0. The Morgan fingerprint density at radius 3 is 2.39 bits per heavy atom. The molecule has 3 aromatic rings. The standard InChI is InChI=1S/C28H32O7S/c1-3-4-6-18-9-11-19(12-10-18)27(23(29)7-5-8-25(30)31)36-20-13-14-21-17(2)22(16-26(32)33)28(34)35-24(21)15-20/h9-15,23,27,29H,3-8,16H2,1-2H3,(H,30,31)(H,32,33). The van der Waals surface area contributed by atoms with Gasteiger partial charge in [0.25, 0.3) is 0 Å². The minimum Gasteiger partial charge on any atom is -0.481 e. The van der Waals surface area contributed by atoms with Crippen molar-refractivity contribution in [1.82, 2.24) is 0 Å². The van der Waals surface area contributed by atoms with Crippen LogP contribution in [0.25, 0.3) is 11.0 Å². The number of fused-ring (bicyclic) bond motifs is 1. The van der Waals surface area contributed by atoms with E-state index in [0.29, 0.717) is 29.4 Å². The van der Waals surface area contributed by atoms with Crippen LogP contribution in [-0.4, -0.2) is 33.4 Å². The Hall–Kier alpha value is -3.10. The first kappa shape index (κ1) is 27.5. The van der Waals surface area contributed by atoms with E-state index in [9.17, 15) is 19.5 Å². The molecule has 0 amide bonds. The van der Waals surface area contributed by atoms with E-state index in [-0.39, 0.29) is 17.2 Å². The molecule has 0 radical (unpaired) electrons. The van der Waals surface area contributed by atoms with E-state index >= 15 is 0 Å². The Kier molecular flexibility index (Phi) is 9.73. The van der Waals surface area contributed by atoms with Gasteiger partial charge in [0.05, 0.1) is 23.3 Å². The van der Waals surface area contributed by atoms with Crippen molar-refractivity contribution in [1.29, 1.82) is 0 Å². The number of benzene rings is 2. The summed E-state index contributed by atoms with van der Waals surface area (Å²) < 4.78 is 5.45. The second-order valence-electron chi connectivity index (χ2n) is 8.96. The third-order valence-electron chi connectivity index (χ3n) is 6.22. The number of rotatable bonds is 13. The number of thioether (sulfide) groups is 1. The monoisotopic (exact) mass is 512 g/mol. The number of hydrogen-bond donors (Lipinski definition) is 3. The lowest BCUT2D eigenvalue weighted by atomic mass is 10.00. The minimum atomic E-state index is -1.10. The topological polar surface area (TPSA) is 125 Å². The zero-order valence-corrected chi connectivity index (χ0v) is 21.3. The smallest absolute Gasteiger partial charge is 0.340 e. The van der Waals surface area contributed by atoms with Crippen LogP contribution in [-0.2, 0) is 22.4 Å². The molecule has 36 heavy (non-hydrogen) atoms. The summed E-state index contributed by atoms with van der Waals surface area (Å²) in [5.41, 5.74) is 2.55. The molecule has 3 N–H and O–H groups in total. The van der Waals surface area contributed by atoms with Crippen LogP contribution in [0.1, 0.15) is 66.5 Å². The van der Waals surface area contributed by atoms with Crippen molar-refractivity contribution in [3.63, 3.8) is 0 Å². The number of aryl methyl sites for hydroxylation is 2. The summed E-state index contributed by atoms with van der Waals surface area (Å²) in [6.07, 6.45) is 2.70. The number of unbranched alkanes of at least 4 members (excludes halogenated alkanes) is 1. The molecule has 0 spiro atoms. The molecule has 0 fully saturated rings. The van der Waals surface area contributed by atoms with Crippen LogP contribution in [0.2, 0.25) is 0 Å². The van der Waals surface area contributed by atoms with Crippen molar-refractivity contribution in [3.8, 4) is 0 Å². The maximum atomic E-state index is 12.4. The van der Waals surface area contributed by atoms with E-state index < -0.39 is 30.1 Å². The summed E-state index contributed by atoms with van der Waals surface area (Å²) in [5, 5.41) is 29.4. The lowest BCUT2D eigenvalue weighted by Crippen LogP contribution is -2.17. The van der Waals surface area contributed by atoms with Gasteiger partial charge in [0.2, 0.25) is 0 Å². The van der Waals surface area contributed by atoms with E-state index in [1.165, 1.54) is 17.3 Å². The molecule has 0 saturated heterocycles. The molecule has 3 rings (SSSR count). The first-order valence-corrected chi connectivity index (χ1v) is 13.0. The minimum absolute atomic E-state index is 0.0104. The molecule has 0 saturated carbocycles. The van der Waals surface area contributed by atoms with Crippen LogP contribution in [0, 0.1) is 6.92 Å². The molecule has 1 aromatic heterocycles. The average Bonchev–Trinajstić information content (AvgIpc) is 2.83. The number of carbonyl (C=O) groups is 2. The van der Waals surface area contributed by atoms with Gasteiger partial charge in [-0.1, -0.05) is 37.6 Å². The van der Waals surface area contributed by atoms with Crippen LogP contribution in [0.3, 0.4) is 0 Å². The SMILES string of the molecule is CCCCc1ccc(C(Sc2ccc3c(C)c(CC(=O)O)c(=O)oc3c2)C(O)CCCC(=O)O)cc1. The molecule has 2 atom stereocenters. The van der Waals surface area contributed by atoms with Crippen LogP contribution in [0.5, 0.6) is 0 Å². The van der Waals surface area contributed by atoms with Crippen LogP contribution in [0.15, 0.2) is 56.6 Å². The fraction of sp³-hybridized carbons (Fsp3) is 0.393. The van der Waals surface area contributed by atoms with E-state index in [1.54, 1.807) is 19.1 Å². The summed E-state index contributed by atoms with van der Waals surface area (Å²) in [6.45, 7) is 3.86. The molecule has 7 nitrogen and oxygen atoms in total. The zero-order valence-electron chi connectivity index (χ0n) is 20.5. The molecule has 2 unspecified atom stereocenters. The maximum absolute atomic E-state index is 12.4. The predicted octanol–water partition coefficient (Wildman–Crippen LogP) is 5.52. The van der Waals surface area contributed by atoms with Gasteiger partial charge in [-0.2, -0.15) is 0 Å². The Balaban J connectivity index is 1.91. The van der Waals surface area contributed by atoms with Gasteiger partial charge in [-0.15, -0.1) is 11.8 Å². The van der Waals surface area contributed by atoms with Gasteiger partial charge in [0, 0.05) is 16.7 Å². The van der Waals surface area contributed by atoms with E-state index in [1.807, 2.05) is 18.2 Å². The summed E-state index contributed by atoms with van der Waals surface area (Å²) in [5.74, 6) is -1.99. The van der Waals surface area contributed by atoms with Gasteiger partial charge >= 0.3 is 17.6 Å². The van der Waals surface area contributed by atoms with Gasteiger partial charge < -0.3 is 19.7 Å². The Morgan fingerprint density at radius 1 is 1.03 bits per heavy atom. The van der Waals surface area contributed by atoms with Crippen molar-refractivity contribution in [2.75, 3.05) is 0 Å². The molecule has 2 aromatic carbocycles. The number of carboxylic acids is 2. The number of aliphatic carboxylic acids is 2. The highest BCUT2D eigenvalue weighted by Crippen LogP contribution is 2.40. The fourth-order valence-electron chi connectivity index (χ4n) is 4.19. The van der Waals surface area contributed by atoms with Crippen LogP contribution >= 0.6 is 11.8 Å². The normalized spacial score (nSPS) is 13.0. The van der Waals surface area contributed by atoms with Crippen molar-refractivity contribution < 1.29 is 29.3 Å². The third kappa shape index (κ3) is 7.21. The predicted molar refractivity (Wildman–Crippen MR) is 140 cm³/mol. The van der Waals surface area contributed by atoms with E-state index in [4.69, 9.17) is 14.6 Å². The summed E-state index contributed by atoms with van der Waals surface area (Å²) in [4.78, 5) is 35.3. The van der Waals surface area contributed by atoms with Gasteiger partial charge in [-0.3, -0.25) is 9.59 Å². The van der Waals surface area contributed by atoms with Crippen molar-refractivity contribution in [2.45, 2.75) is 75.0 Å². The summed E-state index contributed by atoms with van der Waals surface area (Å²) in [6, 6.07) is 13.5. The van der Waals surface area contributed by atoms with Gasteiger partial charge in [0.15, 0.2) is 0 Å². The van der Waals surface area contributed by atoms with Crippen molar-refractivity contribution in [3.05, 3.63) is 75.1 Å². The lowest BCUT2D eigenvalue weighted by molar-refractivity contribution is -0.137. The lowest BCUT2D eigenvalue weighted by Gasteiger charge is -2.23. The Morgan fingerprint density at radius 2 is 1.75 bits per heavy atom. The number of carboxylic acid groups (broad SMARTS) is 2. The summed E-state index contributed by atoms with van der Waals surface area (Å²) >= 11 is 1.42. The number of aliphatic hydroxyl groups is 1. The van der Waals surface area contributed by atoms with E-state index in [2.05, 4.69) is 19.1 Å². The third-order valence-corrected chi connectivity index (χ3v) is 7.58. The van der Waals surface area contributed by atoms with Crippen molar-refractivity contribution in [2.24, 2.45) is 0 Å². The fourth-order valence-corrected chi connectivity index (χ4v) is 5.39. The van der Waals surface area contributed by atoms with Gasteiger partial charge in [-0.05, 0) is 67.5 Å². The molecular weight excluding hydrogens is 480 g/mol. The van der Waals surface area contributed by atoms with Gasteiger partial charge in [-0.25, -0.2) is 4.79 Å². The Bertz CT molecular complexity index is 1260. The molecule has 192 valence electrons. The molecule has 0 bridgehead atoms. The number of hydrogen-bond acceptors (Lipinski definition) is 6. The first-order valence-electron chi connectivity index (χ1n) is 12.1. The molecule has 1 heterocycles. The molecule has 0 aliphatic carbocycles. The van der Waals surface area contributed by atoms with Crippen molar-refractivity contribution >= 4 is 34.7 Å².